The van der Waals surface area contributed by atoms with Gasteiger partial charge in [0.05, 0.1) is 0 Å². The van der Waals surface area contributed by atoms with Crippen LogP contribution >= 0.6 is 0 Å². The molecule has 5 fully saturated rings. The maximum Gasteiger partial charge on any atom is 0.435 e. The molecule has 2 spiro atoms. The summed E-state index contributed by atoms with van der Waals surface area (Å²) in [6.07, 6.45) is 2.07. The van der Waals surface area contributed by atoms with Crippen LogP contribution in [0.2, 0.25) is 0 Å². The van der Waals surface area contributed by atoms with Gasteiger partial charge in [0, 0.05) is 61.1 Å². The van der Waals surface area contributed by atoms with Gasteiger partial charge in [-0.1, -0.05) is 0 Å². The van der Waals surface area contributed by atoms with Gasteiger partial charge in [-0.15, -0.1) is 0 Å². The van der Waals surface area contributed by atoms with E-state index in [-0.39, 0.29) is 16.9 Å². The van der Waals surface area contributed by atoms with Gasteiger partial charge in [-0.2, -0.15) is 23.4 Å². The SMILES string of the molecule is O=C(N1CC2(CCN(Cc3cc(C(F)(F)F)n[nH]3)CC2)C1)N1CC2(CC(c3n[nH]c(C4CC4)n3)C2)C1. The highest BCUT2D eigenvalue weighted by Crippen LogP contribution is 2.56. The number of carbonyl (C=O) groups is 1. The Bertz CT molecular complexity index is 1140. The standard InChI is InChI=1S/C24H31F3N8O/c25-24(26,27)18-7-17(29-30-18)10-33-5-3-22(4-6-33)11-34(12-22)21(36)35-13-23(14-35)8-16(9-23)20-28-19(31-32-20)15-1-2-15/h7,15-16H,1-6,8-14H2,(H,29,30)(H,28,31,32). The lowest BCUT2D eigenvalue weighted by molar-refractivity contribution is -0.141. The number of urea groups is 1. The van der Waals surface area contributed by atoms with Crippen LogP contribution in [0.1, 0.15) is 73.4 Å². The van der Waals surface area contributed by atoms with Gasteiger partial charge in [0.15, 0.2) is 11.5 Å². The fourth-order valence-electron chi connectivity index (χ4n) is 6.76. The predicted octanol–water partition coefficient (Wildman–Crippen LogP) is 3.32. The van der Waals surface area contributed by atoms with E-state index in [0.717, 1.165) is 82.7 Å². The number of alkyl halides is 3. The van der Waals surface area contributed by atoms with Crippen LogP contribution in [0, 0.1) is 10.8 Å². The first kappa shape index (κ1) is 22.6. The minimum absolute atomic E-state index is 0.156. The first-order chi connectivity index (χ1) is 17.2. The zero-order valence-electron chi connectivity index (χ0n) is 20.1. The zero-order valence-corrected chi connectivity index (χ0v) is 20.1. The van der Waals surface area contributed by atoms with E-state index in [1.165, 1.54) is 12.8 Å². The van der Waals surface area contributed by atoms with Crippen molar-refractivity contribution in [3.8, 4) is 0 Å². The Morgan fingerprint density at radius 3 is 2.25 bits per heavy atom. The Morgan fingerprint density at radius 1 is 0.972 bits per heavy atom. The van der Waals surface area contributed by atoms with Crippen LogP contribution < -0.4 is 0 Å². The Balaban J connectivity index is 0.843. The first-order valence-corrected chi connectivity index (χ1v) is 13.0. The highest BCUT2D eigenvalue weighted by atomic mass is 19.4. The Morgan fingerprint density at radius 2 is 1.64 bits per heavy atom. The van der Waals surface area contributed by atoms with Crippen LogP contribution in [0.3, 0.4) is 0 Å². The maximum atomic E-state index is 13.0. The summed E-state index contributed by atoms with van der Waals surface area (Å²) < 4.78 is 38.3. The van der Waals surface area contributed by atoms with E-state index in [1.807, 2.05) is 9.80 Å². The number of amides is 2. The van der Waals surface area contributed by atoms with Crippen LogP contribution in [-0.4, -0.2) is 85.4 Å². The Hall–Kier alpha value is -2.63. The van der Waals surface area contributed by atoms with Crippen LogP contribution in [0.5, 0.6) is 0 Å². The second kappa shape index (κ2) is 7.69. The van der Waals surface area contributed by atoms with E-state index in [1.54, 1.807) is 0 Å². The third kappa shape index (κ3) is 3.88. The maximum absolute atomic E-state index is 13.0. The number of halogens is 3. The molecular weight excluding hydrogens is 473 g/mol. The zero-order chi connectivity index (χ0) is 24.7. The third-order valence-corrected chi connectivity index (χ3v) is 9.09. The molecule has 7 rings (SSSR count). The molecule has 0 radical (unpaired) electrons. The quantitative estimate of drug-likeness (QED) is 0.666. The molecule has 2 aliphatic carbocycles. The molecule has 36 heavy (non-hydrogen) atoms. The van der Waals surface area contributed by atoms with Crippen molar-refractivity contribution in [1.29, 1.82) is 0 Å². The summed E-state index contributed by atoms with van der Waals surface area (Å²) in [7, 11) is 0. The van der Waals surface area contributed by atoms with Gasteiger partial charge in [0.2, 0.25) is 0 Å². The van der Waals surface area contributed by atoms with Gasteiger partial charge in [-0.3, -0.25) is 15.1 Å². The van der Waals surface area contributed by atoms with Crippen LogP contribution in [-0.2, 0) is 12.7 Å². The number of H-pyrrole nitrogens is 2. The van der Waals surface area contributed by atoms with Crippen LogP contribution in [0.15, 0.2) is 6.07 Å². The second-order valence-corrected chi connectivity index (χ2v) is 12.0. The summed E-state index contributed by atoms with van der Waals surface area (Å²) in [5.74, 6) is 3.01. The average molecular weight is 505 g/mol. The number of likely N-dealkylation sites (tertiary alicyclic amines) is 3. The summed E-state index contributed by atoms with van der Waals surface area (Å²) >= 11 is 0. The molecule has 2 N–H and O–H groups in total. The topological polar surface area (TPSA) is 97.0 Å². The van der Waals surface area contributed by atoms with Gasteiger partial charge in [-0.25, -0.2) is 9.78 Å². The molecule has 5 heterocycles. The van der Waals surface area contributed by atoms with E-state index < -0.39 is 11.9 Å². The molecule has 3 aliphatic heterocycles. The van der Waals surface area contributed by atoms with Gasteiger partial charge in [0.1, 0.15) is 5.82 Å². The van der Waals surface area contributed by atoms with Crippen molar-refractivity contribution in [3.63, 3.8) is 0 Å². The van der Waals surface area contributed by atoms with Crippen LogP contribution in [0.25, 0.3) is 0 Å². The summed E-state index contributed by atoms with van der Waals surface area (Å²) in [5.41, 5.74) is 0.0318. The molecule has 12 heteroatoms. The molecule has 5 aliphatic rings. The number of hydrogen-bond donors (Lipinski definition) is 2. The van der Waals surface area contributed by atoms with Crippen molar-refractivity contribution < 1.29 is 18.0 Å². The van der Waals surface area contributed by atoms with Crippen molar-refractivity contribution in [3.05, 3.63) is 29.1 Å². The van der Waals surface area contributed by atoms with E-state index in [9.17, 15) is 18.0 Å². The molecule has 2 aromatic rings. The minimum Gasteiger partial charge on any atom is -0.323 e. The van der Waals surface area contributed by atoms with Crippen molar-refractivity contribution >= 4 is 6.03 Å². The lowest BCUT2D eigenvalue weighted by Crippen LogP contribution is -2.70. The Kier molecular flexibility index (Phi) is 4.82. The molecular formula is C24H31F3N8O. The number of hydrogen-bond acceptors (Lipinski definition) is 5. The van der Waals surface area contributed by atoms with E-state index in [2.05, 4.69) is 25.3 Å². The van der Waals surface area contributed by atoms with Gasteiger partial charge >= 0.3 is 12.2 Å². The first-order valence-electron chi connectivity index (χ1n) is 13.0. The van der Waals surface area contributed by atoms with Crippen molar-refractivity contribution in [2.45, 2.75) is 63.1 Å². The van der Waals surface area contributed by atoms with Crippen molar-refractivity contribution in [1.82, 2.24) is 40.1 Å². The smallest absolute Gasteiger partial charge is 0.323 e. The average Bonchev–Trinajstić information content (AvgIpc) is 3.29. The fourth-order valence-corrected chi connectivity index (χ4v) is 6.76. The van der Waals surface area contributed by atoms with Gasteiger partial charge in [-0.05, 0) is 57.7 Å². The van der Waals surface area contributed by atoms with Crippen molar-refractivity contribution in [2.24, 2.45) is 10.8 Å². The lowest BCUT2D eigenvalue weighted by atomic mass is 9.57. The number of nitrogens with one attached hydrogen (secondary N) is 2. The fraction of sp³-hybridized carbons (Fsp3) is 0.750. The lowest BCUT2D eigenvalue weighted by Gasteiger charge is -2.61. The van der Waals surface area contributed by atoms with Crippen molar-refractivity contribution in [2.75, 3.05) is 39.3 Å². The molecule has 3 saturated heterocycles. The van der Waals surface area contributed by atoms with E-state index >= 15 is 0 Å². The Labute approximate surface area is 206 Å². The second-order valence-electron chi connectivity index (χ2n) is 12.0. The molecule has 2 saturated carbocycles. The number of aromatic nitrogens is 5. The number of piperidine rings is 1. The normalized spacial score (nSPS) is 25.6. The summed E-state index contributed by atoms with van der Waals surface area (Å²) in [6.45, 7) is 5.33. The number of nitrogens with zero attached hydrogens (tertiary/aromatic N) is 6. The predicted molar refractivity (Wildman–Crippen MR) is 122 cm³/mol. The van der Waals surface area contributed by atoms with Gasteiger partial charge < -0.3 is 9.80 Å². The summed E-state index contributed by atoms with van der Waals surface area (Å²) in [6, 6.07) is 1.25. The molecule has 2 amide bonds. The van der Waals surface area contributed by atoms with E-state index in [0.29, 0.717) is 24.1 Å². The molecule has 0 bridgehead atoms. The molecule has 194 valence electrons. The number of rotatable bonds is 4. The molecule has 0 aromatic carbocycles. The third-order valence-electron chi connectivity index (χ3n) is 9.09. The summed E-state index contributed by atoms with van der Waals surface area (Å²) in [5, 5.41) is 13.4. The van der Waals surface area contributed by atoms with Gasteiger partial charge in [0.25, 0.3) is 0 Å². The number of aromatic amines is 2. The molecule has 0 unspecified atom stereocenters. The highest BCUT2D eigenvalue weighted by molar-refractivity contribution is 5.76. The summed E-state index contributed by atoms with van der Waals surface area (Å²) in [4.78, 5) is 23.8. The van der Waals surface area contributed by atoms with Crippen LogP contribution in [0.4, 0.5) is 18.0 Å². The monoisotopic (exact) mass is 504 g/mol. The molecule has 9 nitrogen and oxygen atoms in total. The minimum atomic E-state index is -4.42. The molecule has 2 aromatic heterocycles. The molecule has 0 atom stereocenters. The highest BCUT2D eigenvalue weighted by Gasteiger charge is 2.57. The number of carbonyl (C=O) groups excluding carboxylic acids is 1. The van der Waals surface area contributed by atoms with E-state index in [4.69, 9.17) is 4.98 Å². The largest absolute Gasteiger partial charge is 0.435 e.